The van der Waals surface area contributed by atoms with Crippen LogP contribution < -0.4 is 5.32 Å². The van der Waals surface area contributed by atoms with E-state index in [1.54, 1.807) is 0 Å². The quantitative estimate of drug-likeness (QED) is 0.726. The molecule has 0 amide bonds. The van der Waals surface area contributed by atoms with Crippen molar-refractivity contribution in [3.8, 4) is 0 Å². The van der Waals surface area contributed by atoms with Crippen molar-refractivity contribution in [2.24, 2.45) is 5.41 Å². The lowest BCUT2D eigenvalue weighted by molar-refractivity contribution is 0.317. The summed E-state index contributed by atoms with van der Waals surface area (Å²) in [6, 6.07) is 0.789. The van der Waals surface area contributed by atoms with Gasteiger partial charge in [0, 0.05) is 6.04 Å². The van der Waals surface area contributed by atoms with Gasteiger partial charge in [0.05, 0.1) is 0 Å². The number of thioether (sulfide) groups is 1. The van der Waals surface area contributed by atoms with Gasteiger partial charge >= 0.3 is 0 Å². The number of nitrogens with one attached hydrogen (secondary N) is 1. The SMILES string of the molecule is CNC1CCC(C)(CCSC)C1. The molecule has 1 N–H and O–H groups in total. The van der Waals surface area contributed by atoms with Crippen LogP contribution in [0.5, 0.6) is 0 Å². The first-order chi connectivity index (χ1) is 5.70. The van der Waals surface area contributed by atoms with Crippen molar-refractivity contribution < 1.29 is 0 Å². The van der Waals surface area contributed by atoms with Crippen LogP contribution in [-0.2, 0) is 0 Å². The maximum Gasteiger partial charge on any atom is 0.00694 e. The fourth-order valence-electron chi connectivity index (χ4n) is 2.14. The molecule has 0 spiro atoms. The Balaban J connectivity index is 2.31. The van der Waals surface area contributed by atoms with Gasteiger partial charge in [-0.2, -0.15) is 11.8 Å². The van der Waals surface area contributed by atoms with Crippen LogP contribution in [0.25, 0.3) is 0 Å². The summed E-state index contributed by atoms with van der Waals surface area (Å²) < 4.78 is 0. The molecule has 0 aromatic rings. The van der Waals surface area contributed by atoms with Gasteiger partial charge in [-0.05, 0) is 50.2 Å². The molecule has 0 aromatic carbocycles. The van der Waals surface area contributed by atoms with Gasteiger partial charge in [0.2, 0.25) is 0 Å². The Hall–Kier alpha value is 0.310. The van der Waals surface area contributed by atoms with Crippen molar-refractivity contribution in [3.05, 3.63) is 0 Å². The van der Waals surface area contributed by atoms with E-state index in [2.05, 4.69) is 25.5 Å². The molecule has 0 aromatic heterocycles. The molecule has 0 heterocycles. The highest BCUT2D eigenvalue weighted by molar-refractivity contribution is 7.98. The van der Waals surface area contributed by atoms with Gasteiger partial charge in [0.25, 0.3) is 0 Å². The molecule has 1 rings (SSSR count). The Morgan fingerprint density at radius 2 is 2.33 bits per heavy atom. The Labute approximate surface area is 80.7 Å². The van der Waals surface area contributed by atoms with Crippen LogP contribution in [0.2, 0.25) is 0 Å². The van der Waals surface area contributed by atoms with Crippen molar-refractivity contribution in [2.45, 2.75) is 38.6 Å². The van der Waals surface area contributed by atoms with E-state index < -0.39 is 0 Å². The van der Waals surface area contributed by atoms with Crippen LogP contribution in [0.3, 0.4) is 0 Å². The van der Waals surface area contributed by atoms with Gasteiger partial charge in [-0.15, -0.1) is 0 Å². The highest BCUT2D eigenvalue weighted by atomic mass is 32.2. The standard InChI is InChI=1S/C10H21NS/c1-10(6-7-12-3)5-4-9(8-10)11-2/h9,11H,4-8H2,1-3H3. The van der Waals surface area contributed by atoms with Gasteiger partial charge in [-0.3, -0.25) is 0 Å². The third kappa shape index (κ3) is 2.67. The molecule has 1 nitrogen and oxygen atoms in total. The predicted octanol–water partition coefficient (Wildman–Crippen LogP) is 2.52. The van der Waals surface area contributed by atoms with Crippen molar-refractivity contribution in [1.82, 2.24) is 5.32 Å². The molecule has 1 fully saturated rings. The molecule has 1 saturated carbocycles. The molecular formula is C10H21NS. The minimum atomic E-state index is 0.636. The van der Waals surface area contributed by atoms with E-state index in [1.165, 1.54) is 31.4 Å². The molecule has 0 aliphatic heterocycles. The Bertz CT molecular complexity index is 138. The second kappa shape index (κ2) is 4.52. The molecule has 1 aliphatic carbocycles. The Morgan fingerprint density at radius 1 is 1.58 bits per heavy atom. The third-order valence-electron chi connectivity index (χ3n) is 3.15. The molecule has 2 unspecified atom stereocenters. The average molecular weight is 187 g/mol. The lowest BCUT2D eigenvalue weighted by atomic mass is 9.86. The molecule has 72 valence electrons. The lowest BCUT2D eigenvalue weighted by Crippen LogP contribution is -2.23. The summed E-state index contributed by atoms with van der Waals surface area (Å²) in [5.41, 5.74) is 0.636. The maximum absolute atomic E-state index is 3.39. The minimum Gasteiger partial charge on any atom is -0.317 e. The topological polar surface area (TPSA) is 12.0 Å². The zero-order valence-corrected chi connectivity index (χ0v) is 9.34. The maximum atomic E-state index is 3.39. The van der Waals surface area contributed by atoms with Crippen LogP contribution in [0, 0.1) is 5.41 Å². The van der Waals surface area contributed by atoms with Crippen molar-refractivity contribution >= 4 is 11.8 Å². The van der Waals surface area contributed by atoms with Crippen molar-refractivity contribution in [2.75, 3.05) is 19.1 Å². The first-order valence-electron chi connectivity index (χ1n) is 4.86. The second-order valence-corrected chi connectivity index (χ2v) is 5.27. The van der Waals surface area contributed by atoms with Crippen LogP contribution in [0.15, 0.2) is 0 Å². The number of hydrogen-bond acceptors (Lipinski definition) is 2. The summed E-state index contributed by atoms with van der Waals surface area (Å²) in [4.78, 5) is 0. The monoisotopic (exact) mass is 187 g/mol. The zero-order valence-electron chi connectivity index (χ0n) is 8.52. The van der Waals surface area contributed by atoms with Gasteiger partial charge < -0.3 is 5.32 Å². The van der Waals surface area contributed by atoms with Crippen LogP contribution in [-0.4, -0.2) is 25.1 Å². The highest BCUT2D eigenvalue weighted by Crippen LogP contribution is 2.41. The van der Waals surface area contributed by atoms with Crippen LogP contribution in [0.1, 0.15) is 32.6 Å². The van der Waals surface area contributed by atoms with E-state index in [0.717, 1.165) is 6.04 Å². The zero-order chi connectivity index (χ0) is 9.03. The van der Waals surface area contributed by atoms with E-state index in [-0.39, 0.29) is 0 Å². The van der Waals surface area contributed by atoms with E-state index >= 15 is 0 Å². The predicted molar refractivity (Wildman–Crippen MR) is 57.8 cm³/mol. The van der Waals surface area contributed by atoms with E-state index in [9.17, 15) is 0 Å². The molecule has 0 saturated heterocycles. The average Bonchev–Trinajstić information content (AvgIpc) is 2.45. The van der Waals surface area contributed by atoms with Gasteiger partial charge in [0.15, 0.2) is 0 Å². The minimum absolute atomic E-state index is 0.636. The van der Waals surface area contributed by atoms with Crippen LogP contribution >= 0.6 is 11.8 Å². The number of hydrogen-bond donors (Lipinski definition) is 1. The fraction of sp³-hybridized carbons (Fsp3) is 1.00. The molecule has 2 atom stereocenters. The Morgan fingerprint density at radius 3 is 2.83 bits per heavy atom. The van der Waals surface area contributed by atoms with Crippen molar-refractivity contribution in [3.63, 3.8) is 0 Å². The summed E-state index contributed by atoms with van der Waals surface area (Å²) in [7, 11) is 2.09. The van der Waals surface area contributed by atoms with Gasteiger partial charge in [-0.1, -0.05) is 6.92 Å². The lowest BCUT2D eigenvalue weighted by Gasteiger charge is -2.23. The fourth-order valence-corrected chi connectivity index (χ4v) is 2.84. The largest absolute Gasteiger partial charge is 0.317 e. The molecule has 12 heavy (non-hydrogen) atoms. The number of rotatable bonds is 4. The first kappa shape index (κ1) is 10.4. The molecule has 2 heteroatoms. The second-order valence-electron chi connectivity index (χ2n) is 4.28. The smallest absolute Gasteiger partial charge is 0.00694 e. The van der Waals surface area contributed by atoms with E-state index in [4.69, 9.17) is 0 Å². The third-order valence-corrected chi connectivity index (χ3v) is 3.77. The molecule has 1 aliphatic rings. The Kier molecular flexibility index (Phi) is 3.91. The van der Waals surface area contributed by atoms with Gasteiger partial charge in [-0.25, -0.2) is 0 Å². The summed E-state index contributed by atoms with van der Waals surface area (Å²) in [6.07, 6.45) is 7.77. The summed E-state index contributed by atoms with van der Waals surface area (Å²) in [5, 5.41) is 3.39. The summed E-state index contributed by atoms with van der Waals surface area (Å²) in [6.45, 7) is 2.44. The summed E-state index contributed by atoms with van der Waals surface area (Å²) in [5.74, 6) is 1.33. The molecular weight excluding hydrogens is 166 g/mol. The van der Waals surface area contributed by atoms with E-state index in [1.807, 2.05) is 11.8 Å². The van der Waals surface area contributed by atoms with Crippen molar-refractivity contribution in [1.29, 1.82) is 0 Å². The first-order valence-corrected chi connectivity index (χ1v) is 6.26. The van der Waals surface area contributed by atoms with Crippen LogP contribution in [0.4, 0.5) is 0 Å². The normalized spacial score (nSPS) is 35.8. The molecule has 0 bridgehead atoms. The van der Waals surface area contributed by atoms with E-state index in [0.29, 0.717) is 5.41 Å². The molecule has 0 radical (unpaired) electrons. The van der Waals surface area contributed by atoms with Gasteiger partial charge in [0.1, 0.15) is 0 Å². The summed E-state index contributed by atoms with van der Waals surface area (Å²) >= 11 is 1.98. The highest BCUT2D eigenvalue weighted by Gasteiger charge is 2.33.